The van der Waals surface area contributed by atoms with Crippen LogP contribution in [0.15, 0.2) is 42.5 Å². The van der Waals surface area contributed by atoms with Gasteiger partial charge in [0.15, 0.2) is 0 Å². The molecule has 148 valence electrons. The van der Waals surface area contributed by atoms with E-state index < -0.39 is 14.9 Å². The molecule has 1 aliphatic heterocycles. The fraction of sp³-hybridized carbons (Fsp3) is 0.316. The molecule has 28 heavy (non-hydrogen) atoms. The van der Waals surface area contributed by atoms with Crippen LogP contribution in [0.5, 0.6) is 0 Å². The minimum absolute atomic E-state index is 0.0244. The van der Waals surface area contributed by atoms with Crippen molar-refractivity contribution in [2.75, 3.05) is 24.2 Å². The van der Waals surface area contributed by atoms with Crippen LogP contribution in [0, 0.1) is 10.1 Å². The van der Waals surface area contributed by atoms with Crippen molar-refractivity contribution in [2.45, 2.75) is 19.4 Å². The van der Waals surface area contributed by atoms with Crippen LogP contribution in [-0.4, -0.2) is 44.0 Å². The summed E-state index contributed by atoms with van der Waals surface area (Å²) in [4.78, 5) is 25.0. The van der Waals surface area contributed by atoms with Gasteiger partial charge in [0.05, 0.1) is 22.9 Å². The van der Waals surface area contributed by atoms with Crippen molar-refractivity contribution < 1.29 is 18.1 Å². The molecular weight excluding hydrogens is 382 g/mol. The van der Waals surface area contributed by atoms with E-state index in [9.17, 15) is 23.3 Å². The zero-order chi connectivity index (χ0) is 20.6. The maximum atomic E-state index is 12.9. The molecule has 0 saturated heterocycles. The summed E-state index contributed by atoms with van der Waals surface area (Å²) in [6, 6.07) is 10.8. The summed E-state index contributed by atoms with van der Waals surface area (Å²) in [6.45, 7) is 2.17. The number of non-ortho nitro benzene ring substituents is 1. The number of rotatable bonds is 5. The third-order valence-electron chi connectivity index (χ3n) is 5.04. The molecule has 0 fully saturated rings. The van der Waals surface area contributed by atoms with Crippen LogP contribution in [0.1, 0.15) is 34.5 Å². The number of nitro benzene ring substituents is 1. The van der Waals surface area contributed by atoms with Gasteiger partial charge < -0.3 is 4.90 Å². The Labute approximate surface area is 163 Å². The Kier molecular flexibility index (Phi) is 5.12. The summed E-state index contributed by atoms with van der Waals surface area (Å²) in [5.41, 5.74) is 2.51. The van der Waals surface area contributed by atoms with Gasteiger partial charge in [-0.1, -0.05) is 12.1 Å². The van der Waals surface area contributed by atoms with Crippen LogP contribution in [0.4, 0.5) is 11.4 Å². The number of nitrogens with zero attached hydrogens (tertiary/aromatic N) is 3. The molecule has 3 rings (SSSR count). The topological polar surface area (TPSA) is 101 Å². The predicted octanol–water partition coefficient (Wildman–Crippen LogP) is 2.75. The van der Waals surface area contributed by atoms with Gasteiger partial charge in [-0.15, -0.1) is 0 Å². The van der Waals surface area contributed by atoms with Crippen molar-refractivity contribution in [3.05, 3.63) is 69.3 Å². The van der Waals surface area contributed by atoms with E-state index in [1.807, 2.05) is 0 Å². The molecule has 0 radical (unpaired) electrons. The van der Waals surface area contributed by atoms with Crippen LogP contribution in [0.2, 0.25) is 0 Å². The number of fused-ring (bicyclic) bond motifs is 1. The van der Waals surface area contributed by atoms with Gasteiger partial charge in [0, 0.05) is 31.3 Å². The molecular formula is C19H21N3O5S. The van der Waals surface area contributed by atoms with Gasteiger partial charge in [-0.2, -0.15) is 0 Å². The summed E-state index contributed by atoms with van der Waals surface area (Å²) >= 11 is 0. The second kappa shape index (κ2) is 7.23. The Morgan fingerprint density at radius 1 is 1.25 bits per heavy atom. The van der Waals surface area contributed by atoms with Crippen LogP contribution < -0.4 is 4.31 Å². The molecule has 2 aromatic carbocycles. The lowest BCUT2D eigenvalue weighted by Gasteiger charge is -2.25. The van der Waals surface area contributed by atoms with Crippen molar-refractivity contribution in [1.82, 2.24) is 4.90 Å². The molecule has 8 nitrogen and oxygen atoms in total. The minimum Gasteiger partial charge on any atom is -0.335 e. The van der Waals surface area contributed by atoms with E-state index in [2.05, 4.69) is 0 Å². The average molecular weight is 403 g/mol. The summed E-state index contributed by atoms with van der Waals surface area (Å²) < 4.78 is 25.0. The van der Waals surface area contributed by atoms with E-state index in [4.69, 9.17) is 0 Å². The first-order chi connectivity index (χ1) is 13.1. The lowest BCUT2D eigenvalue weighted by atomic mass is 10.0. The van der Waals surface area contributed by atoms with E-state index in [0.717, 1.165) is 11.8 Å². The first kappa shape index (κ1) is 19.8. The summed E-state index contributed by atoms with van der Waals surface area (Å²) in [7, 11) is -1.70. The van der Waals surface area contributed by atoms with E-state index in [1.165, 1.54) is 21.3 Å². The molecule has 0 N–H and O–H groups in total. The fourth-order valence-corrected chi connectivity index (χ4v) is 4.31. The number of hydrogen-bond acceptors (Lipinski definition) is 5. The zero-order valence-electron chi connectivity index (χ0n) is 15.8. The maximum absolute atomic E-state index is 12.9. The molecule has 0 spiro atoms. The van der Waals surface area contributed by atoms with E-state index >= 15 is 0 Å². The number of hydrogen-bond donors (Lipinski definition) is 0. The molecule has 0 unspecified atom stereocenters. The zero-order valence-corrected chi connectivity index (χ0v) is 16.6. The minimum atomic E-state index is -3.34. The quantitative estimate of drug-likeness (QED) is 0.564. The highest BCUT2D eigenvalue weighted by molar-refractivity contribution is 7.92. The third kappa shape index (κ3) is 3.70. The van der Waals surface area contributed by atoms with Crippen molar-refractivity contribution in [3.8, 4) is 0 Å². The summed E-state index contributed by atoms with van der Waals surface area (Å²) in [5, 5.41) is 11.0. The first-order valence-electron chi connectivity index (χ1n) is 8.71. The SMILES string of the molecule is C[C@@H](c1cccc([N+](=O)[O-])c1)N(C)C(=O)c1ccc2c(c1)CCN2S(C)(=O)=O. The van der Waals surface area contributed by atoms with Crippen molar-refractivity contribution in [3.63, 3.8) is 0 Å². The predicted molar refractivity (Wildman–Crippen MR) is 106 cm³/mol. The molecule has 1 amide bonds. The van der Waals surface area contributed by atoms with Crippen LogP contribution in [-0.2, 0) is 16.4 Å². The number of anilines is 1. The van der Waals surface area contributed by atoms with Crippen molar-refractivity contribution in [1.29, 1.82) is 0 Å². The highest BCUT2D eigenvalue weighted by Gasteiger charge is 2.28. The van der Waals surface area contributed by atoms with Crippen LogP contribution in [0.3, 0.4) is 0 Å². The normalized spacial score (nSPS) is 14.5. The van der Waals surface area contributed by atoms with Crippen LogP contribution in [0.25, 0.3) is 0 Å². The van der Waals surface area contributed by atoms with Crippen molar-refractivity contribution >= 4 is 27.3 Å². The number of benzene rings is 2. The lowest BCUT2D eigenvalue weighted by molar-refractivity contribution is -0.384. The molecule has 0 bridgehead atoms. The number of carbonyl (C=O) groups is 1. The number of carbonyl (C=O) groups excluding carboxylic acids is 1. The molecule has 1 heterocycles. The van der Waals surface area contributed by atoms with Crippen molar-refractivity contribution in [2.24, 2.45) is 0 Å². The van der Waals surface area contributed by atoms with E-state index in [-0.39, 0.29) is 17.6 Å². The second-order valence-corrected chi connectivity index (χ2v) is 8.78. The largest absolute Gasteiger partial charge is 0.335 e. The smallest absolute Gasteiger partial charge is 0.269 e. The van der Waals surface area contributed by atoms with Gasteiger partial charge in [0.25, 0.3) is 11.6 Å². The highest BCUT2D eigenvalue weighted by Crippen LogP contribution is 2.32. The van der Waals surface area contributed by atoms with Gasteiger partial charge in [-0.25, -0.2) is 8.42 Å². The molecule has 2 aromatic rings. The average Bonchev–Trinajstić information content (AvgIpc) is 3.09. The Balaban J connectivity index is 1.84. The molecule has 0 aliphatic carbocycles. The first-order valence-corrected chi connectivity index (χ1v) is 10.6. The molecule has 0 aromatic heterocycles. The van der Waals surface area contributed by atoms with Gasteiger partial charge in [-0.05, 0) is 42.7 Å². The van der Waals surface area contributed by atoms with E-state index in [0.29, 0.717) is 29.8 Å². The Hall–Kier alpha value is -2.94. The molecule has 1 atom stereocenters. The van der Waals surface area contributed by atoms with Gasteiger partial charge in [0.2, 0.25) is 10.0 Å². The van der Waals surface area contributed by atoms with Gasteiger partial charge >= 0.3 is 0 Å². The standard InChI is InChI=1S/C19H21N3O5S/c1-13(14-5-4-6-17(12-14)22(24)25)20(2)19(23)16-7-8-18-15(11-16)9-10-21(18)28(3,26)27/h4-8,11-13H,9-10H2,1-3H3/t13-/m0/s1. The molecule has 1 aliphatic rings. The summed E-state index contributed by atoms with van der Waals surface area (Å²) in [6.07, 6.45) is 1.71. The second-order valence-electron chi connectivity index (χ2n) is 6.87. The van der Waals surface area contributed by atoms with E-state index in [1.54, 1.807) is 44.3 Å². The monoisotopic (exact) mass is 403 g/mol. The number of amides is 1. The Bertz CT molecular complexity index is 1050. The maximum Gasteiger partial charge on any atom is 0.269 e. The Morgan fingerprint density at radius 3 is 2.61 bits per heavy atom. The fourth-order valence-electron chi connectivity index (χ4n) is 3.35. The van der Waals surface area contributed by atoms with Gasteiger partial charge in [-0.3, -0.25) is 19.2 Å². The third-order valence-corrected chi connectivity index (χ3v) is 6.22. The number of sulfonamides is 1. The summed E-state index contributed by atoms with van der Waals surface area (Å²) in [5.74, 6) is -0.236. The molecule has 9 heteroatoms. The number of nitro groups is 1. The Morgan fingerprint density at radius 2 is 1.96 bits per heavy atom. The van der Waals surface area contributed by atoms with Gasteiger partial charge in [0.1, 0.15) is 0 Å². The highest BCUT2D eigenvalue weighted by atomic mass is 32.2. The molecule has 0 saturated carbocycles. The van der Waals surface area contributed by atoms with Crippen LogP contribution >= 0.6 is 0 Å². The lowest BCUT2D eigenvalue weighted by Crippen LogP contribution is -2.30.